The number of anilines is 1. The summed E-state index contributed by atoms with van der Waals surface area (Å²) in [5, 5.41) is 0.974. The van der Waals surface area contributed by atoms with Crippen molar-refractivity contribution in [2.45, 2.75) is 24.3 Å². The fourth-order valence-corrected chi connectivity index (χ4v) is 7.04. The number of fused-ring (bicyclic) bond motifs is 1. The van der Waals surface area contributed by atoms with Crippen molar-refractivity contribution in [2.75, 3.05) is 18.0 Å². The molecule has 0 radical (unpaired) electrons. The number of hydrogen-bond donors (Lipinski definition) is 0. The van der Waals surface area contributed by atoms with Crippen molar-refractivity contribution in [3.05, 3.63) is 83.4 Å². The van der Waals surface area contributed by atoms with Gasteiger partial charge in [0.25, 0.3) is 0 Å². The minimum absolute atomic E-state index is 0.00292. The number of hydrogen-bond acceptors (Lipinski definition) is 6. The number of pyridine rings is 1. The van der Waals surface area contributed by atoms with E-state index in [9.17, 15) is 17.6 Å². The number of sulfonamides is 1. The Labute approximate surface area is 217 Å². The highest BCUT2D eigenvalue weighted by Gasteiger charge is 2.36. The molecule has 0 spiro atoms. The Balaban J connectivity index is 1.45. The Kier molecular flexibility index (Phi) is 7.03. The lowest BCUT2D eigenvalue weighted by molar-refractivity contribution is -0.123. The van der Waals surface area contributed by atoms with E-state index in [2.05, 4.69) is 9.97 Å². The van der Waals surface area contributed by atoms with Crippen molar-refractivity contribution in [1.82, 2.24) is 14.3 Å². The van der Waals surface area contributed by atoms with Crippen LogP contribution in [0.5, 0.6) is 0 Å². The summed E-state index contributed by atoms with van der Waals surface area (Å²) in [4.78, 5) is 24.5. The van der Waals surface area contributed by atoms with Gasteiger partial charge in [-0.15, -0.1) is 0 Å². The first kappa shape index (κ1) is 24.8. The highest BCUT2D eigenvalue weighted by molar-refractivity contribution is 7.89. The summed E-state index contributed by atoms with van der Waals surface area (Å²) in [6.45, 7) is 0.516. The summed E-state index contributed by atoms with van der Waals surface area (Å²) in [6.07, 6.45) is 2.73. The number of aromatic nitrogens is 2. The third kappa shape index (κ3) is 4.99. The minimum atomic E-state index is -3.87. The molecule has 1 unspecified atom stereocenters. The summed E-state index contributed by atoms with van der Waals surface area (Å²) < 4.78 is 41.9. The molecular weight excluding hydrogens is 523 g/mol. The average molecular weight is 545 g/mol. The molecule has 1 aliphatic rings. The molecular formula is C25H22ClFN4O3S2. The van der Waals surface area contributed by atoms with Crippen molar-refractivity contribution in [2.24, 2.45) is 5.92 Å². The molecule has 4 aromatic rings. The first-order chi connectivity index (χ1) is 17.3. The van der Waals surface area contributed by atoms with Crippen LogP contribution < -0.4 is 4.90 Å². The Morgan fingerprint density at radius 2 is 1.94 bits per heavy atom. The van der Waals surface area contributed by atoms with Crippen LogP contribution in [-0.2, 0) is 21.4 Å². The van der Waals surface area contributed by atoms with Crippen LogP contribution in [-0.4, -0.2) is 41.7 Å². The minimum Gasteiger partial charge on any atom is -0.282 e. The number of carbonyl (C=O) groups excluding carboxylic acids is 1. The molecule has 186 valence electrons. The molecule has 1 amide bonds. The summed E-state index contributed by atoms with van der Waals surface area (Å²) >= 11 is 7.68. The molecule has 11 heteroatoms. The predicted octanol–water partition coefficient (Wildman–Crippen LogP) is 5.12. The average Bonchev–Trinajstić information content (AvgIpc) is 3.33. The molecule has 0 N–H and O–H groups in total. The molecule has 1 aliphatic heterocycles. The molecule has 7 nitrogen and oxygen atoms in total. The van der Waals surface area contributed by atoms with Crippen LogP contribution in [0.2, 0.25) is 5.02 Å². The Bertz CT molecular complexity index is 1500. The lowest BCUT2D eigenvalue weighted by Crippen LogP contribution is -2.46. The molecule has 3 heterocycles. The van der Waals surface area contributed by atoms with Crippen LogP contribution in [0.15, 0.2) is 71.8 Å². The number of nitrogens with zero attached hydrogens (tertiary/aromatic N) is 4. The van der Waals surface area contributed by atoms with E-state index in [4.69, 9.17) is 11.6 Å². The van der Waals surface area contributed by atoms with E-state index in [1.54, 1.807) is 23.2 Å². The van der Waals surface area contributed by atoms with Gasteiger partial charge in [0.05, 0.1) is 32.8 Å². The predicted molar refractivity (Wildman–Crippen MR) is 138 cm³/mol. The highest BCUT2D eigenvalue weighted by Crippen LogP contribution is 2.35. The van der Waals surface area contributed by atoms with Crippen molar-refractivity contribution < 1.29 is 17.6 Å². The standard InChI is InChI=1S/C25H22ClFN4O3S2/c26-21-7-3-8-22-23(21)29-25(35-22)31(16-19-6-1-2-13-28-19)24(32)17-5-4-14-30(15-17)36(33,34)20-11-9-18(27)10-12-20/h1-3,6-13,17H,4-5,14-16H2. The number of piperidine rings is 1. The number of benzene rings is 2. The van der Waals surface area contributed by atoms with Crippen molar-refractivity contribution >= 4 is 54.2 Å². The molecule has 1 saturated heterocycles. The van der Waals surface area contributed by atoms with E-state index in [1.807, 2.05) is 24.3 Å². The van der Waals surface area contributed by atoms with Crippen LogP contribution in [0.4, 0.5) is 9.52 Å². The van der Waals surface area contributed by atoms with Gasteiger partial charge in [-0.2, -0.15) is 4.31 Å². The molecule has 5 rings (SSSR count). The van der Waals surface area contributed by atoms with Gasteiger partial charge in [-0.3, -0.25) is 14.7 Å². The molecule has 2 aromatic heterocycles. The van der Waals surface area contributed by atoms with E-state index < -0.39 is 21.8 Å². The van der Waals surface area contributed by atoms with Gasteiger partial charge in [0.1, 0.15) is 11.3 Å². The maximum absolute atomic E-state index is 13.9. The number of halogens is 2. The van der Waals surface area contributed by atoms with Crippen LogP contribution >= 0.6 is 22.9 Å². The lowest BCUT2D eigenvalue weighted by Gasteiger charge is -2.33. The Morgan fingerprint density at radius 3 is 2.67 bits per heavy atom. The van der Waals surface area contributed by atoms with Gasteiger partial charge in [0.15, 0.2) is 5.13 Å². The van der Waals surface area contributed by atoms with E-state index in [1.165, 1.54) is 27.8 Å². The normalized spacial score (nSPS) is 16.8. The third-order valence-corrected chi connectivity index (χ3v) is 9.31. The largest absolute Gasteiger partial charge is 0.282 e. The molecule has 36 heavy (non-hydrogen) atoms. The van der Waals surface area contributed by atoms with Gasteiger partial charge in [0.2, 0.25) is 15.9 Å². The highest BCUT2D eigenvalue weighted by atomic mass is 35.5. The molecule has 0 saturated carbocycles. The van der Waals surface area contributed by atoms with Crippen LogP contribution in [0.1, 0.15) is 18.5 Å². The van der Waals surface area contributed by atoms with Gasteiger partial charge in [-0.25, -0.2) is 17.8 Å². The maximum Gasteiger partial charge on any atom is 0.243 e. The van der Waals surface area contributed by atoms with E-state index >= 15 is 0 Å². The van der Waals surface area contributed by atoms with Crippen LogP contribution in [0.3, 0.4) is 0 Å². The van der Waals surface area contributed by atoms with Gasteiger partial charge < -0.3 is 0 Å². The second-order valence-electron chi connectivity index (χ2n) is 8.48. The lowest BCUT2D eigenvalue weighted by atomic mass is 9.98. The molecule has 0 aliphatic carbocycles. The topological polar surface area (TPSA) is 83.5 Å². The zero-order valence-electron chi connectivity index (χ0n) is 19.0. The molecule has 0 bridgehead atoms. The summed E-state index contributed by atoms with van der Waals surface area (Å²) in [5.74, 6) is -1.31. The zero-order valence-corrected chi connectivity index (χ0v) is 21.4. The summed E-state index contributed by atoms with van der Waals surface area (Å²) in [7, 11) is -3.87. The van der Waals surface area contributed by atoms with Crippen LogP contribution in [0, 0.1) is 11.7 Å². The maximum atomic E-state index is 13.9. The van der Waals surface area contributed by atoms with Crippen molar-refractivity contribution in [3.63, 3.8) is 0 Å². The van der Waals surface area contributed by atoms with E-state index in [0.717, 1.165) is 16.8 Å². The van der Waals surface area contributed by atoms with Crippen molar-refractivity contribution in [3.8, 4) is 0 Å². The van der Waals surface area contributed by atoms with Gasteiger partial charge in [-0.05, 0) is 61.4 Å². The zero-order chi connectivity index (χ0) is 25.3. The quantitative estimate of drug-likeness (QED) is 0.336. The third-order valence-electron chi connectivity index (χ3n) is 6.09. The number of amides is 1. The van der Waals surface area contributed by atoms with Crippen molar-refractivity contribution in [1.29, 1.82) is 0 Å². The molecule has 1 fully saturated rings. The first-order valence-electron chi connectivity index (χ1n) is 11.3. The Hall–Kier alpha value is -2.92. The smallest absolute Gasteiger partial charge is 0.243 e. The van der Waals surface area contributed by atoms with E-state index in [0.29, 0.717) is 40.8 Å². The summed E-state index contributed by atoms with van der Waals surface area (Å²) in [5.41, 5.74) is 1.30. The second kappa shape index (κ2) is 10.2. The first-order valence-corrected chi connectivity index (χ1v) is 14.0. The Morgan fingerprint density at radius 1 is 1.14 bits per heavy atom. The molecule has 2 aromatic carbocycles. The number of carbonyl (C=O) groups is 1. The second-order valence-corrected chi connectivity index (χ2v) is 11.8. The monoisotopic (exact) mass is 544 g/mol. The van der Waals surface area contributed by atoms with Gasteiger partial charge in [0, 0.05) is 19.3 Å². The fourth-order valence-electron chi connectivity index (χ4n) is 4.25. The SMILES string of the molecule is O=C(C1CCCN(S(=O)(=O)c2ccc(F)cc2)C1)N(Cc1ccccn1)c1nc2c(Cl)cccc2s1. The van der Waals surface area contributed by atoms with Gasteiger partial charge in [-0.1, -0.05) is 35.1 Å². The fraction of sp³-hybridized carbons (Fsp3) is 0.240. The van der Waals surface area contributed by atoms with E-state index in [-0.39, 0.29) is 23.9 Å². The van der Waals surface area contributed by atoms with Crippen LogP contribution in [0.25, 0.3) is 10.2 Å². The number of rotatable bonds is 6. The number of thiazole rings is 1. The molecule has 1 atom stereocenters. The summed E-state index contributed by atoms with van der Waals surface area (Å²) in [6, 6.07) is 15.7. The number of para-hydroxylation sites is 1. The van der Waals surface area contributed by atoms with Gasteiger partial charge >= 0.3 is 0 Å².